The quantitative estimate of drug-likeness (QED) is 0.712. The van der Waals surface area contributed by atoms with Gasteiger partial charge in [-0.25, -0.2) is 4.98 Å². The summed E-state index contributed by atoms with van der Waals surface area (Å²) in [6.07, 6.45) is 1.50. The first-order chi connectivity index (χ1) is 11.6. The van der Waals surface area contributed by atoms with Crippen molar-refractivity contribution in [1.82, 2.24) is 14.9 Å². The molecule has 0 radical (unpaired) electrons. The summed E-state index contributed by atoms with van der Waals surface area (Å²) in [6, 6.07) is 7.12. The minimum Gasteiger partial charge on any atom is -0.386 e. The monoisotopic (exact) mass is 397 g/mol. The molecule has 1 aromatic carbocycles. The van der Waals surface area contributed by atoms with Crippen molar-refractivity contribution in [3.8, 4) is 0 Å². The molecule has 1 aliphatic heterocycles. The van der Waals surface area contributed by atoms with Crippen LogP contribution in [-0.2, 0) is 19.5 Å². The molecule has 0 spiro atoms. The molecule has 132 valence electrons. The van der Waals surface area contributed by atoms with Crippen molar-refractivity contribution in [2.45, 2.75) is 25.6 Å². The van der Waals surface area contributed by atoms with Crippen LogP contribution in [0.5, 0.6) is 0 Å². The van der Waals surface area contributed by atoms with Crippen LogP contribution >= 0.6 is 35.3 Å². The fourth-order valence-electron chi connectivity index (χ4n) is 3.11. The smallest absolute Gasteiger partial charge is 0.262 e. The molecule has 0 saturated carbocycles. The number of nitrogens with one attached hydrogen (secondary N) is 1. The van der Waals surface area contributed by atoms with Gasteiger partial charge in [0.25, 0.3) is 5.56 Å². The second-order valence-electron chi connectivity index (χ2n) is 5.85. The topological polar surface area (TPSA) is 67.2 Å². The Bertz CT molecular complexity index is 970. The lowest BCUT2D eigenvalue weighted by molar-refractivity contribution is 0.155. The molecule has 1 atom stereocenters. The second-order valence-corrected chi connectivity index (χ2v) is 7.34. The van der Waals surface area contributed by atoms with Crippen LogP contribution in [-0.4, -0.2) is 21.2 Å². The summed E-state index contributed by atoms with van der Waals surface area (Å²) in [5, 5.41) is 15.0. The fraction of sp³-hybridized carbons (Fsp3) is 0.294. The van der Waals surface area contributed by atoms with Gasteiger partial charge in [-0.15, -0.1) is 23.7 Å². The molecule has 8 heteroatoms. The number of hydrogen-bond donors (Lipinski definition) is 2. The number of rotatable bonds is 3. The second kappa shape index (κ2) is 7.43. The van der Waals surface area contributed by atoms with Crippen LogP contribution < -0.4 is 10.9 Å². The van der Waals surface area contributed by atoms with Gasteiger partial charge >= 0.3 is 0 Å². The zero-order valence-electron chi connectivity index (χ0n) is 13.2. The van der Waals surface area contributed by atoms with Gasteiger partial charge in [0.2, 0.25) is 0 Å². The predicted molar refractivity (Wildman–Crippen MR) is 103 cm³/mol. The lowest BCUT2D eigenvalue weighted by atomic mass is 10.1. The first kappa shape index (κ1) is 18.4. The molecule has 2 N–H and O–H groups in total. The number of nitrogens with zero attached hydrogens (tertiary/aromatic N) is 2. The number of aromatic nitrogens is 2. The molecule has 0 aliphatic carbocycles. The maximum atomic E-state index is 12.9. The van der Waals surface area contributed by atoms with Gasteiger partial charge in [0.05, 0.1) is 24.4 Å². The molecule has 25 heavy (non-hydrogen) atoms. The molecule has 1 aliphatic rings. The highest BCUT2D eigenvalue weighted by molar-refractivity contribution is 7.18. The van der Waals surface area contributed by atoms with E-state index in [9.17, 15) is 9.90 Å². The number of fused-ring (bicyclic) bond motifs is 3. The average Bonchev–Trinajstić information content (AvgIpc) is 2.97. The third kappa shape index (κ3) is 3.32. The predicted octanol–water partition coefficient (Wildman–Crippen LogP) is 2.91. The standard InChI is InChI=1S/C17H16ClN3O2S.ClH/c18-12-4-2-1-3-10(12)13(22)8-21-9-20-16-15(17(21)23)11-5-6-19-7-14(11)24-16;/h1-4,9,13,19,22H,5-8H2;1H. The highest BCUT2D eigenvalue weighted by atomic mass is 35.5. The van der Waals surface area contributed by atoms with E-state index >= 15 is 0 Å². The van der Waals surface area contributed by atoms with Crippen molar-refractivity contribution in [2.75, 3.05) is 6.54 Å². The van der Waals surface area contributed by atoms with Gasteiger partial charge in [-0.05, 0) is 24.6 Å². The van der Waals surface area contributed by atoms with E-state index in [1.807, 2.05) is 12.1 Å². The van der Waals surface area contributed by atoms with Crippen LogP contribution in [0.3, 0.4) is 0 Å². The van der Waals surface area contributed by atoms with Gasteiger partial charge in [0.15, 0.2) is 0 Å². The lowest BCUT2D eigenvalue weighted by Gasteiger charge is -2.15. The minimum atomic E-state index is -0.855. The molecule has 2 aromatic heterocycles. The zero-order chi connectivity index (χ0) is 16.7. The van der Waals surface area contributed by atoms with Crippen molar-refractivity contribution in [1.29, 1.82) is 0 Å². The van der Waals surface area contributed by atoms with Crippen LogP contribution in [0.4, 0.5) is 0 Å². The first-order valence-electron chi connectivity index (χ1n) is 7.78. The highest BCUT2D eigenvalue weighted by Gasteiger charge is 2.21. The number of hydrogen-bond acceptors (Lipinski definition) is 5. The van der Waals surface area contributed by atoms with E-state index in [1.165, 1.54) is 15.8 Å². The zero-order valence-corrected chi connectivity index (χ0v) is 15.6. The van der Waals surface area contributed by atoms with E-state index in [4.69, 9.17) is 11.6 Å². The van der Waals surface area contributed by atoms with E-state index in [0.717, 1.165) is 29.9 Å². The maximum absolute atomic E-state index is 12.9. The van der Waals surface area contributed by atoms with E-state index < -0.39 is 6.10 Å². The maximum Gasteiger partial charge on any atom is 0.262 e. The average molecular weight is 398 g/mol. The molecule has 0 bridgehead atoms. The third-order valence-corrected chi connectivity index (χ3v) is 5.82. The summed E-state index contributed by atoms with van der Waals surface area (Å²) in [5.41, 5.74) is 1.63. The summed E-state index contributed by atoms with van der Waals surface area (Å²) in [5.74, 6) is 0. The van der Waals surface area contributed by atoms with Crippen LogP contribution in [0.2, 0.25) is 5.02 Å². The van der Waals surface area contributed by atoms with Crippen LogP contribution in [0.25, 0.3) is 10.2 Å². The molecule has 0 fully saturated rings. The molecular weight excluding hydrogens is 381 g/mol. The lowest BCUT2D eigenvalue weighted by Crippen LogP contribution is -2.26. The summed E-state index contributed by atoms with van der Waals surface area (Å²) < 4.78 is 1.48. The Hall–Kier alpha value is -1.44. The van der Waals surface area contributed by atoms with Crippen LogP contribution in [0, 0.1) is 0 Å². The van der Waals surface area contributed by atoms with Crippen molar-refractivity contribution < 1.29 is 5.11 Å². The van der Waals surface area contributed by atoms with E-state index in [0.29, 0.717) is 16.0 Å². The van der Waals surface area contributed by atoms with E-state index in [1.54, 1.807) is 23.5 Å². The molecular formula is C17H17Cl2N3O2S. The Morgan fingerprint density at radius 1 is 1.40 bits per heavy atom. The first-order valence-corrected chi connectivity index (χ1v) is 8.97. The summed E-state index contributed by atoms with van der Waals surface area (Å²) >= 11 is 7.70. The van der Waals surface area contributed by atoms with Gasteiger partial charge in [-0.2, -0.15) is 0 Å². The molecule has 1 unspecified atom stereocenters. The Labute approximate surface area is 159 Å². The molecule has 3 aromatic rings. The Balaban J connectivity index is 0.00000182. The summed E-state index contributed by atoms with van der Waals surface area (Å²) in [7, 11) is 0. The van der Waals surface area contributed by atoms with Gasteiger partial charge < -0.3 is 10.4 Å². The van der Waals surface area contributed by atoms with Crippen molar-refractivity contribution in [2.24, 2.45) is 0 Å². The van der Waals surface area contributed by atoms with E-state index in [-0.39, 0.29) is 24.5 Å². The number of aliphatic hydroxyl groups excluding tert-OH is 1. The number of aliphatic hydroxyl groups is 1. The van der Waals surface area contributed by atoms with Crippen molar-refractivity contribution >= 4 is 45.6 Å². The van der Waals surface area contributed by atoms with E-state index in [2.05, 4.69) is 10.3 Å². The molecule has 0 amide bonds. The number of thiophene rings is 1. The van der Waals surface area contributed by atoms with Gasteiger partial charge in [0.1, 0.15) is 4.83 Å². The van der Waals surface area contributed by atoms with Crippen LogP contribution in [0.1, 0.15) is 22.1 Å². The molecule has 4 rings (SSSR count). The van der Waals surface area contributed by atoms with Crippen molar-refractivity contribution in [3.05, 3.63) is 62.0 Å². The largest absolute Gasteiger partial charge is 0.386 e. The highest BCUT2D eigenvalue weighted by Crippen LogP contribution is 2.30. The normalized spacial score (nSPS) is 14.8. The molecule has 0 saturated heterocycles. The Kier molecular flexibility index (Phi) is 5.46. The van der Waals surface area contributed by atoms with Crippen molar-refractivity contribution in [3.63, 3.8) is 0 Å². The Morgan fingerprint density at radius 3 is 3.00 bits per heavy atom. The van der Waals surface area contributed by atoms with Crippen LogP contribution in [0.15, 0.2) is 35.4 Å². The third-order valence-electron chi connectivity index (χ3n) is 4.33. The van der Waals surface area contributed by atoms with Gasteiger partial charge in [0, 0.05) is 22.0 Å². The number of benzene rings is 1. The SMILES string of the molecule is Cl.O=c1c2c3c(sc2ncn1CC(O)c1ccccc1Cl)CNCC3. The summed E-state index contributed by atoms with van der Waals surface area (Å²) in [4.78, 5) is 19.3. The van der Waals surface area contributed by atoms with Gasteiger partial charge in [-0.3, -0.25) is 9.36 Å². The summed E-state index contributed by atoms with van der Waals surface area (Å²) in [6.45, 7) is 1.79. The molecule has 5 nitrogen and oxygen atoms in total. The molecule has 3 heterocycles. The minimum absolute atomic E-state index is 0. The fourth-order valence-corrected chi connectivity index (χ4v) is 4.52. The van der Waals surface area contributed by atoms with Gasteiger partial charge in [-0.1, -0.05) is 29.8 Å². The number of halogens is 2. The Morgan fingerprint density at radius 2 is 2.20 bits per heavy atom.